The highest BCUT2D eigenvalue weighted by Crippen LogP contribution is 2.22. The maximum absolute atomic E-state index is 11.2. The van der Waals surface area contributed by atoms with E-state index in [1.165, 1.54) is 19.2 Å². The van der Waals surface area contributed by atoms with Crippen molar-refractivity contribution in [2.45, 2.75) is 11.4 Å². The minimum absolute atomic E-state index is 0.195. The maximum Gasteiger partial charge on any atom is 0.175 e. The molecule has 2 N–H and O–H groups in total. The smallest absolute Gasteiger partial charge is 0.175 e. The Morgan fingerprint density at radius 2 is 2.13 bits per heavy atom. The highest BCUT2D eigenvalue weighted by Gasteiger charge is 2.10. The van der Waals surface area contributed by atoms with Crippen molar-refractivity contribution in [2.75, 3.05) is 13.4 Å². The first-order valence-electron chi connectivity index (χ1n) is 4.23. The second kappa shape index (κ2) is 4.61. The molecule has 1 aromatic carbocycles. The molecule has 1 aromatic rings. The van der Waals surface area contributed by atoms with Crippen LogP contribution in [0.2, 0.25) is 0 Å². The van der Waals surface area contributed by atoms with Gasteiger partial charge in [0, 0.05) is 18.4 Å². The van der Waals surface area contributed by atoms with Gasteiger partial charge in [-0.2, -0.15) is 0 Å². The quantitative estimate of drug-likeness (QED) is 0.741. The Morgan fingerprint density at radius 3 is 2.60 bits per heavy atom. The van der Waals surface area contributed by atoms with Crippen LogP contribution in [-0.4, -0.2) is 27.0 Å². The van der Waals surface area contributed by atoms with Crippen molar-refractivity contribution in [3.05, 3.63) is 23.8 Å². The lowest BCUT2D eigenvalue weighted by Crippen LogP contribution is -2.08. The van der Waals surface area contributed by atoms with E-state index < -0.39 is 9.84 Å². The third-order valence-corrected chi connectivity index (χ3v) is 3.07. The molecule has 0 saturated carbocycles. The van der Waals surface area contributed by atoms with Crippen LogP contribution < -0.4 is 10.2 Å². The molecule has 0 aliphatic heterocycles. The van der Waals surface area contributed by atoms with E-state index in [9.17, 15) is 8.42 Å². The molecule has 15 heavy (non-hydrogen) atoms. The monoisotopic (exact) mass is 231 g/mol. The fraction of sp³-hybridized carbons (Fsp3) is 0.333. The maximum atomic E-state index is 11.2. The third-order valence-electron chi connectivity index (χ3n) is 1.96. The Kier molecular flexibility index (Phi) is 3.67. The fourth-order valence-electron chi connectivity index (χ4n) is 1.19. The SMILES string of the molecule is COc1cc(S(C)(=O)=O)ccc1CNO. The summed E-state index contributed by atoms with van der Waals surface area (Å²) in [5.41, 5.74) is 2.67. The predicted molar refractivity (Wildman–Crippen MR) is 54.7 cm³/mol. The van der Waals surface area contributed by atoms with E-state index in [2.05, 4.69) is 0 Å². The van der Waals surface area contributed by atoms with Crippen LogP contribution in [0, 0.1) is 0 Å². The average Bonchev–Trinajstić information content (AvgIpc) is 2.17. The fourth-order valence-corrected chi connectivity index (χ4v) is 1.82. The lowest BCUT2D eigenvalue weighted by molar-refractivity contribution is 0.160. The van der Waals surface area contributed by atoms with Crippen LogP contribution in [0.25, 0.3) is 0 Å². The summed E-state index contributed by atoms with van der Waals surface area (Å²) in [6.07, 6.45) is 1.13. The normalized spacial score (nSPS) is 11.4. The summed E-state index contributed by atoms with van der Waals surface area (Å²) in [6, 6.07) is 4.50. The van der Waals surface area contributed by atoms with Gasteiger partial charge in [0.05, 0.1) is 12.0 Å². The molecule has 0 heterocycles. The Bertz CT molecular complexity index is 441. The highest BCUT2D eigenvalue weighted by molar-refractivity contribution is 7.90. The van der Waals surface area contributed by atoms with E-state index >= 15 is 0 Å². The number of hydroxylamine groups is 1. The molecule has 0 unspecified atom stereocenters. The van der Waals surface area contributed by atoms with Crippen LogP contribution in [0.5, 0.6) is 5.75 Å². The molecule has 84 valence electrons. The number of hydrogen-bond acceptors (Lipinski definition) is 5. The summed E-state index contributed by atoms with van der Waals surface area (Å²) < 4.78 is 27.5. The lowest BCUT2D eigenvalue weighted by atomic mass is 10.2. The van der Waals surface area contributed by atoms with E-state index in [0.717, 1.165) is 6.26 Å². The van der Waals surface area contributed by atoms with Crippen LogP contribution in [0.4, 0.5) is 0 Å². The van der Waals surface area contributed by atoms with Gasteiger partial charge in [-0.15, -0.1) is 0 Å². The summed E-state index contributed by atoms with van der Waals surface area (Å²) in [7, 11) is -1.78. The van der Waals surface area contributed by atoms with Gasteiger partial charge >= 0.3 is 0 Å². The van der Waals surface area contributed by atoms with Gasteiger partial charge in [-0.3, -0.25) is 0 Å². The molecule has 0 radical (unpaired) electrons. The topological polar surface area (TPSA) is 75.6 Å². The number of benzene rings is 1. The van der Waals surface area contributed by atoms with Crippen LogP contribution in [0.3, 0.4) is 0 Å². The molecule has 6 heteroatoms. The van der Waals surface area contributed by atoms with Crippen LogP contribution >= 0.6 is 0 Å². The molecule has 0 amide bonds. The largest absolute Gasteiger partial charge is 0.496 e. The number of hydrogen-bond donors (Lipinski definition) is 2. The van der Waals surface area contributed by atoms with Crippen LogP contribution in [0.1, 0.15) is 5.56 Å². The molecule has 0 aliphatic rings. The molecule has 0 fully saturated rings. The highest BCUT2D eigenvalue weighted by atomic mass is 32.2. The molecule has 0 aliphatic carbocycles. The summed E-state index contributed by atoms with van der Waals surface area (Å²) in [6.45, 7) is 0.202. The van der Waals surface area contributed by atoms with Gasteiger partial charge in [0.15, 0.2) is 9.84 Å². The first-order chi connectivity index (χ1) is 6.99. The minimum atomic E-state index is -3.23. The van der Waals surface area contributed by atoms with Gasteiger partial charge in [0.1, 0.15) is 5.75 Å². The van der Waals surface area contributed by atoms with Crippen molar-refractivity contribution in [1.82, 2.24) is 5.48 Å². The Balaban J connectivity index is 3.19. The predicted octanol–water partition coefficient (Wildman–Crippen LogP) is 0.578. The molecule has 1 rings (SSSR count). The second-order valence-electron chi connectivity index (χ2n) is 3.08. The number of methoxy groups -OCH3 is 1. The molecule has 5 nitrogen and oxygen atoms in total. The van der Waals surface area contributed by atoms with Crippen molar-refractivity contribution >= 4 is 9.84 Å². The summed E-state index contributed by atoms with van der Waals surface area (Å²) in [5.74, 6) is 0.430. The average molecular weight is 231 g/mol. The summed E-state index contributed by atoms with van der Waals surface area (Å²) in [4.78, 5) is 0.195. The number of nitrogens with one attached hydrogen (secondary N) is 1. The van der Waals surface area contributed by atoms with Crippen LogP contribution in [-0.2, 0) is 16.4 Å². The number of ether oxygens (including phenoxy) is 1. The summed E-state index contributed by atoms with van der Waals surface area (Å²) >= 11 is 0. The second-order valence-corrected chi connectivity index (χ2v) is 5.10. The number of sulfone groups is 1. The van der Waals surface area contributed by atoms with Crippen molar-refractivity contribution in [2.24, 2.45) is 0 Å². The third kappa shape index (κ3) is 2.92. The first-order valence-corrected chi connectivity index (χ1v) is 6.12. The molecule has 0 aromatic heterocycles. The van der Waals surface area contributed by atoms with Gasteiger partial charge in [0.2, 0.25) is 0 Å². The van der Waals surface area contributed by atoms with Gasteiger partial charge in [-0.05, 0) is 12.1 Å². The molecule has 0 spiro atoms. The van der Waals surface area contributed by atoms with Gasteiger partial charge < -0.3 is 9.94 Å². The zero-order chi connectivity index (χ0) is 11.5. The van der Waals surface area contributed by atoms with E-state index in [-0.39, 0.29) is 11.4 Å². The minimum Gasteiger partial charge on any atom is -0.496 e. The molecular weight excluding hydrogens is 218 g/mol. The van der Waals surface area contributed by atoms with Crippen molar-refractivity contribution in [3.8, 4) is 5.75 Å². The molecular formula is C9H13NO4S. The zero-order valence-electron chi connectivity index (χ0n) is 8.52. The molecule has 0 atom stereocenters. The standard InChI is InChI=1S/C9H13NO4S/c1-14-9-5-8(15(2,12)13)4-3-7(9)6-10-11/h3-5,10-11H,6H2,1-2H3. The molecule has 0 bridgehead atoms. The van der Waals surface area contributed by atoms with E-state index in [1.54, 1.807) is 6.07 Å². The first kappa shape index (κ1) is 12.0. The van der Waals surface area contributed by atoms with E-state index in [4.69, 9.17) is 9.94 Å². The van der Waals surface area contributed by atoms with Crippen molar-refractivity contribution < 1.29 is 18.4 Å². The van der Waals surface area contributed by atoms with Crippen molar-refractivity contribution in [1.29, 1.82) is 0 Å². The summed E-state index contributed by atoms with van der Waals surface area (Å²) in [5, 5.41) is 8.55. The molecule has 0 saturated heterocycles. The van der Waals surface area contributed by atoms with Gasteiger partial charge in [-0.25, -0.2) is 13.9 Å². The van der Waals surface area contributed by atoms with Gasteiger partial charge in [0.25, 0.3) is 0 Å². The number of rotatable bonds is 4. The Labute approximate surface area is 88.6 Å². The Morgan fingerprint density at radius 1 is 1.47 bits per heavy atom. The van der Waals surface area contributed by atoms with E-state index in [0.29, 0.717) is 11.3 Å². The van der Waals surface area contributed by atoms with Gasteiger partial charge in [-0.1, -0.05) is 6.07 Å². The zero-order valence-corrected chi connectivity index (χ0v) is 9.34. The lowest BCUT2D eigenvalue weighted by Gasteiger charge is -2.08. The van der Waals surface area contributed by atoms with Crippen LogP contribution in [0.15, 0.2) is 23.1 Å². The van der Waals surface area contributed by atoms with Crippen molar-refractivity contribution in [3.63, 3.8) is 0 Å². The Hall–Kier alpha value is -1.11. The van der Waals surface area contributed by atoms with E-state index in [1.807, 2.05) is 5.48 Å².